The quantitative estimate of drug-likeness (QED) is 0.499. The van der Waals surface area contributed by atoms with Crippen molar-refractivity contribution in [1.82, 2.24) is 5.32 Å². The molecule has 0 heterocycles. The van der Waals surface area contributed by atoms with Crippen LogP contribution >= 0.6 is 0 Å². The second-order valence-electron chi connectivity index (χ2n) is 7.58. The van der Waals surface area contributed by atoms with Crippen LogP contribution in [0.2, 0.25) is 0 Å². The number of amides is 1. The number of ether oxygens (including phenoxy) is 1. The number of aliphatic hydroxyl groups excluding tert-OH is 1. The monoisotopic (exact) mass is 344 g/mol. The van der Waals surface area contributed by atoms with Gasteiger partial charge in [-0.15, -0.1) is 0 Å². The molecule has 1 fully saturated rings. The molecule has 7 nitrogen and oxygen atoms in total. The van der Waals surface area contributed by atoms with Crippen molar-refractivity contribution in [2.24, 2.45) is 17.6 Å². The van der Waals surface area contributed by atoms with E-state index in [9.17, 15) is 19.8 Å². The first-order chi connectivity index (χ1) is 11.2. The molecule has 0 radical (unpaired) electrons. The topological polar surface area (TPSA) is 122 Å². The zero-order valence-corrected chi connectivity index (χ0v) is 15.0. The van der Waals surface area contributed by atoms with Crippen molar-refractivity contribution in [1.29, 1.82) is 0 Å². The Bertz CT molecular complexity index is 422. The second kappa shape index (κ2) is 9.22. The normalized spacial score (nSPS) is 27.0. The van der Waals surface area contributed by atoms with E-state index in [0.717, 1.165) is 25.7 Å². The van der Waals surface area contributed by atoms with Crippen molar-refractivity contribution in [2.75, 3.05) is 6.54 Å². The lowest BCUT2D eigenvalue weighted by atomic mass is 9.93. The Labute approximate surface area is 143 Å². The number of aliphatic hydroxyl groups is 1. The van der Waals surface area contributed by atoms with Crippen LogP contribution in [-0.4, -0.2) is 46.6 Å². The maximum Gasteiger partial charge on any atom is 0.407 e. The molecule has 0 bridgehead atoms. The summed E-state index contributed by atoms with van der Waals surface area (Å²) in [4.78, 5) is 23.3. The molecule has 1 amide bonds. The summed E-state index contributed by atoms with van der Waals surface area (Å²) in [5, 5.41) is 22.4. The van der Waals surface area contributed by atoms with E-state index >= 15 is 0 Å². The number of rotatable bonds is 8. The molecule has 5 N–H and O–H groups in total. The summed E-state index contributed by atoms with van der Waals surface area (Å²) in [5.41, 5.74) is 4.85. The van der Waals surface area contributed by atoms with Crippen LogP contribution in [0.3, 0.4) is 0 Å². The molecule has 0 spiro atoms. The Kier molecular flexibility index (Phi) is 7.96. The minimum Gasteiger partial charge on any atom is -0.481 e. The fourth-order valence-electron chi connectivity index (χ4n) is 3.25. The van der Waals surface area contributed by atoms with E-state index in [1.54, 1.807) is 20.8 Å². The van der Waals surface area contributed by atoms with Gasteiger partial charge in [0, 0.05) is 12.0 Å². The van der Waals surface area contributed by atoms with Gasteiger partial charge in [-0.1, -0.05) is 19.3 Å². The van der Waals surface area contributed by atoms with Crippen molar-refractivity contribution in [3.63, 3.8) is 0 Å². The minimum absolute atomic E-state index is 0.225. The smallest absolute Gasteiger partial charge is 0.407 e. The van der Waals surface area contributed by atoms with E-state index in [0.29, 0.717) is 13.0 Å². The molecule has 0 aromatic rings. The zero-order valence-electron chi connectivity index (χ0n) is 15.0. The summed E-state index contributed by atoms with van der Waals surface area (Å²) >= 11 is 0. The lowest BCUT2D eigenvalue weighted by Gasteiger charge is -2.25. The summed E-state index contributed by atoms with van der Waals surface area (Å²) in [5.74, 6) is -2.14. The van der Waals surface area contributed by atoms with Gasteiger partial charge >= 0.3 is 12.1 Å². The number of aliphatic carboxylic acids is 1. The Morgan fingerprint density at radius 1 is 1.21 bits per heavy atom. The molecular formula is C17H32N2O5. The number of nitrogens with two attached hydrogens (primary N) is 1. The third kappa shape index (κ3) is 6.65. The lowest BCUT2D eigenvalue weighted by molar-refractivity contribution is -0.145. The minimum atomic E-state index is -1.02. The van der Waals surface area contributed by atoms with Gasteiger partial charge in [0.25, 0.3) is 0 Å². The number of alkyl carbamates (subject to hydrolysis) is 1. The first-order valence-electron chi connectivity index (χ1n) is 8.76. The fraction of sp³-hybridized carbons (Fsp3) is 0.882. The highest BCUT2D eigenvalue weighted by atomic mass is 16.6. The molecule has 1 rings (SSSR count). The van der Waals surface area contributed by atoms with Crippen LogP contribution in [0, 0.1) is 11.8 Å². The molecule has 0 saturated heterocycles. The van der Waals surface area contributed by atoms with E-state index in [2.05, 4.69) is 5.32 Å². The molecule has 0 aromatic heterocycles. The molecule has 4 atom stereocenters. The largest absolute Gasteiger partial charge is 0.481 e. The highest BCUT2D eigenvalue weighted by Crippen LogP contribution is 2.35. The van der Waals surface area contributed by atoms with Crippen LogP contribution in [0.15, 0.2) is 0 Å². The molecular weight excluding hydrogens is 312 g/mol. The van der Waals surface area contributed by atoms with Gasteiger partial charge in [-0.3, -0.25) is 4.79 Å². The predicted octanol–water partition coefficient (Wildman–Crippen LogP) is 1.87. The van der Waals surface area contributed by atoms with Crippen molar-refractivity contribution < 1.29 is 24.5 Å². The van der Waals surface area contributed by atoms with Crippen LogP contribution in [0.5, 0.6) is 0 Å². The van der Waals surface area contributed by atoms with E-state index < -0.39 is 29.7 Å². The Morgan fingerprint density at radius 2 is 1.83 bits per heavy atom. The number of carboxylic acid groups (broad SMARTS) is 1. The fourth-order valence-corrected chi connectivity index (χ4v) is 3.25. The molecule has 0 aromatic carbocycles. The Morgan fingerprint density at radius 3 is 2.38 bits per heavy atom. The van der Waals surface area contributed by atoms with E-state index in [1.165, 1.54) is 0 Å². The summed E-state index contributed by atoms with van der Waals surface area (Å²) in [6.07, 6.45) is 3.23. The maximum atomic E-state index is 12.0. The highest BCUT2D eigenvalue weighted by Gasteiger charge is 2.46. The van der Waals surface area contributed by atoms with Gasteiger partial charge < -0.3 is 26.0 Å². The lowest BCUT2D eigenvalue weighted by Crippen LogP contribution is -2.42. The van der Waals surface area contributed by atoms with Gasteiger partial charge in [0.05, 0.1) is 12.0 Å². The highest BCUT2D eigenvalue weighted by molar-refractivity contribution is 5.72. The molecule has 1 saturated carbocycles. The van der Waals surface area contributed by atoms with Crippen LogP contribution in [0.4, 0.5) is 4.79 Å². The van der Waals surface area contributed by atoms with Crippen LogP contribution in [0.1, 0.15) is 59.3 Å². The van der Waals surface area contributed by atoms with Crippen molar-refractivity contribution in [3.05, 3.63) is 0 Å². The first kappa shape index (κ1) is 20.7. The van der Waals surface area contributed by atoms with E-state index in [4.69, 9.17) is 10.5 Å². The Hall–Kier alpha value is -1.34. The van der Waals surface area contributed by atoms with Gasteiger partial charge in [0.15, 0.2) is 0 Å². The molecule has 0 aliphatic heterocycles. The van der Waals surface area contributed by atoms with Gasteiger partial charge in [-0.05, 0) is 46.6 Å². The molecule has 140 valence electrons. The van der Waals surface area contributed by atoms with Crippen molar-refractivity contribution in [3.8, 4) is 0 Å². The second-order valence-corrected chi connectivity index (χ2v) is 7.58. The number of carbonyl (C=O) groups excluding carboxylic acids is 1. The van der Waals surface area contributed by atoms with Gasteiger partial charge in [-0.2, -0.15) is 0 Å². The summed E-state index contributed by atoms with van der Waals surface area (Å²) in [7, 11) is 0. The number of nitrogens with one attached hydrogen (secondary N) is 1. The van der Waals surface area contributed by atoms with Gasteiger partial charge in [-0.25, -0.2) is 4.79 Å². The van der Waals surface area contributed by atoms with Crippen LogP contribution < -0.4 is 11.1 Å². The van der Waals surface area contributed by atoms with E-state index in [1.807, 2.05) is 0 Å². The van der Waals surface area contributed by atoms with Crippen molar-refractivity contribution >= 4 is 12.1 Å². The van der Waals surface area contributed by atoms with Crippen LogP contribution in [0.25, 0.3) is 0 Å². The third-order valence-corrected chi connectivity index (χ3v) is 4.39. The maximum absolute atomic E-state index is 12.0. The van der Waals surface area contributed by atoms with E-state index in [-0.39, 0.29) is 18.4 Å². The summed E-state index contributed by atoms with van der Waals surface area (Å²) in [6, 6.07) is -0.384. The summed E-state index contributed by atoms with van der Waals surface area (Å²) < 4.78 is 5.24. The average molecular weight is 344 g/mol. The van der Waals surface area contributed by atoms with Crippen molar-refractivity contribution in [2.45, 2.75) is 77.0 Å². The molecule has 1 aliphatic rings. The SMILES string of the molecule is CC(C)(C)OC(=O)N[C@@H]1C[C@H](C(=O)O)[C@@H](O)[C@H]1CCCCCCN. The molecule has 24 heavy (non-hydrogen) atoms. The number of unbranched alkanes of at least 4 members (excludes halogenated alkanes) is 3. The van der Waals surface area contributed by atoms with Crippen LogP contribution in [-0.2, 0) is 9.53 Å². The summed E-state index contributed by atoms with van der Waals surface area (Å²) in [6.45, 7) is 5.97. The Balaban J connectivity index is 2.63. The predicted molar refractivity (Wildman–Crippen MR) is 90.5 cm³/mol. The number of carbonyl (C=O) groups is 2. The number of hydrogen-bond donors (Lipinski definition) is 4. The standard InChI is InChI=1S/C17H32N2O5/c1-17(2,3)24-16(23)19-13-10-12(15(21)22)14(20)11(13)8-6-4-5-7-9-18/h11-14,20H,4-10,18H2,1-3H3,(H,19,23)(H,21,22)/t11-,12-,13+,14-/m0/s1. The number of hydrogen-bond acceptors (Lipinski definition) is 5. The first-order valence-corrected chi connectivity index (χ1v) is 8.76. The van der Waals surface area contributed by atoms with Gasteiger partial charge in [0.1, 0.15) is 5.60 Å². The molecule has 1 aliphatic carbocycles. The average Bonchev–Trinajstić information content (AvgIpc) is 2.73. The third-order valence-electron chi connectivity index (χ3n) is 4.39. The molecule has 7 heteroatoms. The number of carboxylic acids is 1. The zero-order chi connectivity index (χ0) is 18.3. The molecule has 0 unspecified atom stereocenters. The van der Waals surface area contributed by atoms with Gasteiger partial charge in [0.2, 0.25) is 0 Å².